The average Bonchev–Trinajstić information content (AvgIpc) is 3.03. The van der Waals surface area contributed by atoms with Gasteiger partial charge in [0, 0.05) is 12.4 Å². The van der Waals surface area contributed by atoms with Gasteiger partial charge in [-0.3, -0.25) is 0 Å². The first-order valence-corrected chi connectivity index (χ1v) is 7.13. The summed E-state index contributed by atoms with van der Waals surface area (Å²) in [6.45, 7) is 4.60. The molecule has 1 fully saturated rings. The molecule has 1 aliphatic rings. The second kappa shape index (κ2) is 7.51. The summed E-state index contributed by atoms with van der Waals surface area (Å²) in [6.07, 6.45) is 11.0. The van der Waals surface area contributed by atoms with Crippen LogP contribution in [-0.4, -0.2) is 19.0 Å². The highest BCUT2D eigenvalue weighted by Crippen LogP contribution is 2.45. The van der Waals surface area contributed by atoms with Crippen molar-refractivity contribution in [3.05, 3.63) is 0 Å². The van der Waals surface area contributed by atoms with Crippen molar-refractivity contribution in [3.8, 4) is 0 Å². The number of unbranched alkanes of at least 4 members (excludes halogenated alkanes) is 5. The van der Waals surface area contributed by atoms with Gasteiger partial charge in [-0.1, -0.05) is 39.0 Å². The molecule has 2 heteroatoms. The molecule has 1 N–H and O–H groups in total. The highest BCUT2D eigenvalue weighted by atomic mass is 35.5. The molecule has 1 rings (SSSR count). The van der Waals surface area contributed by atoms with E-state index >= 15 is 0 Å². The maximum atomic E-state index is 5.91. The number of hydrogen-bond acceptors (Lipinski definition) is 1. The van der Waals surface area contributed by atoms with Crippen LogP contribution in [0.4, 0.5) is 0 Å². The van der Waals surface area contributed by atoms with Crippen LogP contribution in [0.15, 0.2) is 0 Å². The summed E-state index contributed by atoms with van der Waals surface area (Å²) in [5, 5.41) is 3.55. The summed E-state index contributed by atoms with van der Waals surface area (Å²) in [7, 11) is 0. The first-order chi connectivity index (χ1) is 7.33. The SMILES string of the molecule is CCCCCCCCNCC1(CCl)CC1. The van der Waals surface area contributed by atoms with Crippen molar-refractivity contribution in [2.24, 2.45) is 5.41 Å². The van der Waals surface area contributed by atoms with Gasteiger partial charge in [0.1, 0.15) is 0 Å². The smallest absolute Gasteiger partial charge is 0.0292 e. The minimum Gasteiger partial charge on any atom is -0.316 e. The van der Waals surface area contributed by atoms with Gasteiger partial charge in [0.15, 0.2) is 0 Å². The molecule has 0 heterocycles. The minimum atomic E-state index is 0.490. The lowest BCUT2D eigenvalue weighted by molar-refractivity contribution is 0.488. The number of hydrogen-bond donors (Lipinski definition) is 1. The second-order valence-electron chi connectivity index (χ2n) is 5.08. The van der Waals surface area contributed by atoms with Gasteiger partial charge in [0.2, 0.25) is 0 Å². The van der Waals surface area contributed by atoms with Crippen LogP contribution in [-0.2, 0) is 0 Å². The summed E-state index contributed by atoms with van der Waals surface area (Å²) in [4.78, 5) is 0. The molecule has 90 valence electrons. The van der Waals surface area contributed by atoms with E-state index in [2.05, 4.69) is 12.2 Å². The van der Waals surface area contributed by atoms with Crippen LogP contribution >= 0.6 is 11.6 Å². The Kier molecular flexibility index (Phi) is 6.67. The number of halogens is 1. The molecule has 0 bridgehead atoms. The summed E-state index contributed by atoms with van der Waals surface area (Å²) in [5.74, 6) is 0.844. The van der Waals surface area contributed by atoms with Crippen LogP contribution in [0, 0.1) is 5.41 Å². The largest absolute Gasteiger partial charge is 0.316 e. The van der Waals surface area contributed by atoms with Crippen molar-refractivity contribution in [2.45, 2.75) is 58.3 Å². The number of nitrogens with one attached hydrogen (secondary N) is 1. The molecule has 0 aromatic carbocycles. The van der Waals surface area contributed by atoms with Gasteiger partial charge in [-0.15, -0.1) is 11.6 Å². The van der Waals surface area contributed by atoms with E-state index in [1.165, 1.54) is 57.9 Å². The van der Waals surface area contributed by atoms with Crippen molar-refractivity contribution >= 4 is 11.6 Å². The third-order valence-electron chi connectivity index (χ3n) is 3.45. The molecule has 0 aromatic rings. The molecule has 0 unspecified atom stereocenters. The monoisotopic (exact) mass is 231 g/mol. The molecule has 1 aliphatic carbocycles. The lowest BCUT2D eigenvalue weighted by Crippen LogP contribution is -2.25. The Morgan fingerprint density at radius 3 is 2.33 bits per heavy atom. The second-order valence-corrected chi connectivity index (χ2v) is 5.35. The fraction of sp³-hybridized carbons (Fsp3) is 1.00. The van der Waals surface area contributed by atoms with E-state index < -0.39 is 0 Å². The van der Waals surface area contributed by atoms with Gasteiger partial charge in [-0.05, 0) is 31.2 Å². The molecule has 0 saturated heterocycles. The van der Waals surface area contributed by atoms with Gasteiger partial charge >= 0.3 is 0 Å². The van der Waals surface area contributed by atoms with E-state index in [0.29, 0.717) is 5.41 Å². The van der Waals surface area contributed by atoms with Crippen molar-refractivity contribution in [2.75, 3.05) is 19.0 Å². The molecule has 0 radical (unpaired) electrons. The molecular weight excluding hydrogens is 206 g/mol. The van der Waals surface area contributed by atoms with Gasteiger partial charge in [-0.2, -0.15) is 0 Å². The van der Waals surface area contributed by atoms with E-state index in [4.69, 9.17) is 11.6 Å². The van der Waals surface area contributed by atoms with E-state index in [0.717, 1.165) is 12.4 Å². The Labute approximate surface area is 100.0 Å². The van der Waals surface area contributed by atoms with Crippen molar-refractivity contribution in [1.82, 2.24) is 5.32 Å². The van der Waals surface area contributed by atoms with Crippen LogP contribution in [0.3, 0.4) is 0 Å². The third kappa shape index (κ3) is 5.77. The quantitative estimate of drug-likeness (QED) is 0.444. The fourth-order valence-electron chi connectivity index (χ4n) is 1.92. The first kappa shape index (κ1) is 13.3. The lowest BCUT2D eigenvalue weighted by Gasteiger charge is -2.11. The first-order valence-electron chi connectivity index (χ1n) is 6.60. The van der Waals surface area contributed by atoms with Gasteiger partial charge in [0.25, 0.3) is 0 Å². The predicted octanol–water partition coefficient (Wildman–Crippen LogP) is 3.96. The minimum absolute atomic E-state index is 0.490. The van der Waals surface area contributed by atoms with Crippen molar-refractivity contribution in [1.29, 1.82) is 0 Å². The Bertz CT molecular complexity index is 155. The topological polar surface area (TPSA) is 12.0 Å². The maximum Gasteiger partial charge on any atom is 0.0292 e. The Balaban J connectivity index is 1.77. The van der Waals surface area contributed by atoms with Gasteiger partial charge in [-0.25, -0.2) is 0 Å². The molecule has 15 heavy (non-hydrogen) atoms. The normalized spacial score (nSPS) is 18.0. The zero-order valence-electron chi connectivity index (χ0n) is 10.2. The highest BCUT2D eigenvalue weighted by Gasteiger charge is 2.40. The third-order valence-corrected chi connectivity index (χ3v) is 4.01. The van der Waals surface area contributed by atoms with Gasteiger partial charge in [0.05, 0.1) is 0 Å². The molecular formula is C13H26ClN. The molecule has 0 atom stereocenters. The Hall–Kier alpha value is 0.250. The summed E-state index contributed by atoms with van der Waals surface area (Å²) in [6, 6.07) is 0. The molecule has 0 amide bonds. The van der Waals surface area contributed by atoms with Crippen molar-refractivity contribution in [3.63, 3.8) is 0 Å². The summed E-state index contributed by atoms with van der Waals surface area (Å²) >= 11 is 5.91. The maximum absolute atomic E-state index is 5.91. The molecule has 1 saturated carbocycles. The molecule has 1 nitrogen and oxygen atoms in total. The summed E-state index contributed by atoms with van der Waals surface area (Å²) in [5.41, 5.74) is 0.490. The molecule has 0 aromatic heterocycles. The van der Waals surface area contributed by atoms with E-state index in [1.807, 2.05) is 0 Å². The number of rotatable bonds is 10. The van der Waals surface area contributed by atoms with E-state index in [1.54, 1.807) is 0 Å². The van der Waals surface area contributed by atoms with Crippen LogP contribution in [0.2, 0.25) is 0 Å². The molecule has 0 aliphatic heterocycles. The standard InChI is InChI=1S/C13H26ClN/c1-2-3-4-5-6-7-10-15-12-13(11-14)8-9-13/h15H,2-12H2,1H3. The van der Waals surface area contributed by atoms with Crippen molar-refractivity contribution < 1.29 is 0 Å². The molecule has 0 spiro atoms. The van der Waals surface area contributed by atoms with Crippen LogP contribution in [0.1, 0.15) is 58.3 Å². The zero-order valence-corrected chi connectivity index (χ0v) is 10.9. The highest BCUT2D eigenvalue weighted by molar-refractivity contribution is 6.18. The van der Waals surface area contributed by atoms with Crippen LogP contribution < -0.4 is 5.32 Å². The average molecular weight is 232 g/mol. The van der Waals surface area contributed by atoms with Crippen LogP contribution in [0.25, 0.3) is 0 Å². The lowest BCUT2D eigenvalue weighted by atomic mass is 10.1. The Morgan fingerprint density at radius 1 is 1.07 bits per heavy atom. The Morgan fingerprint density at radius 2 is 1.73 bits per heavy atom. The van der Waals surface area contributed by atoms with E-state index in [9.17, 15) is 0 Å². The fourth-order valence-corrected chi connectivity index (χ4v) is 2.28. The van der Waals surface area contributed by atoms with E-state index in [-0.39, 0.29) is 0 Å². The van der Waals surface area contributed by atoms with Gasteiger partial charge < -0.3 is 5.32 Å². The zero-order chi connectivity index (χ0) is 11.0. The number of alkyl halides is 1. The van der Waals surface area contributed by atoms with Crippen LogP contribution in [0.5, 0.6) is 0 Å². The summed E-state index contributed by atoms with van der Waals surface area (Å²) < 4.78 is 0. The predicted molar refractivity (Wildman–Crippen MR) is 68.6 cm³/mol.